The van der Waals surface area contributed by atoms with Crippen molar-refractivity contribution in [1.29, 1.82) is 0 Å². The van der Waals surface area contributed by atoms with Gasteiger partial charge in [-0.1, -0.05) is 27.2 Å². The number of Topliss-reactive ketones (excluding diaryl/α,β-unsaturated/α-hetero) is 1. The van der Waals surface area contributed by atoms with Crippen molar-refractivity contribution in [3.05, 3.63) is 0 Å². The molecule has 0 fully saturated rings. The third-order valence-corrected chi connectivity index (χ3v) is 6.72. The van der Waals surface area contributed by atoms with E-state index in [-0.39, 0.29) is 17.7 Å². The first-order valence-corrected chi connectivity index (χ1v) is 13.0. The second-order valence-corrected chi connectivity index (χ2v) is 10.6. The average Bonchev–Trinajstić information content (AvgIpc) is 2.77. The van der Waals surface area contributed by atoms with E-state index < -0.39 is 66.5 Å². The lowest BCUT2D eigenvalue weighted by molar-refractivity contribution is -0.186. The molecular formula is C26H49N3O8. The number of aliphatic carboxylic acids is 1. The smallest absolute Gasteiger partial charge is 0.348 e. The molecule has 0 saturated carbocycles. The number of aliphatic hydroxyl groups is 2. The van der Waals surface area contributed by atoms with Crippen LogP contribution in [0.25, 0.3) is 0 Å². The number of ether oxygens (including phenoxy) is 1. The molecule has 1 amide bonds. The van der Waals surface area contributed by atoms with Crippen molar-refractivity contribution in [3.8, 4) is 0 Å². The van der Waals surface area contributed by atoms with E-state index in [4.69, 9.17) is 4.74 Å². The van der Waals surface area contributed by atoms with Crippen molar-refractivity contribution >= 4 is 23.6 Å². The number of aliphatic hydroxyl groups excluding tert-OH is 2. The number of carboxylic acids is 1. The Morgan fingerprint density at radius 2 is 1.49 bits per heavy atom. The van der Waals surface area contributed by atoms with Crippen molar-refractivity contribution in [1.82, 2.24) is 15.5 Å². The van der Waals surface area contributed by atoms with Crippen molar-refractivity contribution < 1.29 is 39.2 Å². The number of hydrogen-bond acceptors (Lipinski definition) is 9. The summed E-state index contributed by atoms with van der Waals surface area (Å²) in [4.78, 5) is 53.5. The minimum Gasteiger partial charge on any atom is -0.478 e. The molecule has 0 aliphatic carbocycles. The van der Waals surface area contributed by atoms with Gasteiger partial charge in [0.2, 0.25) is 11.5 Å². The number of likely N-dealkylation sites (N-methyl/N-ethyl adjacent to an activating group) is 3. The van der Waals surface area contributed by atoms with Gasteiger partial charge < -0.3 is 35.6 Å². The molecular weight excluding hydrogens is 482 g/mol. The summed E-state index contributed by atoms with van der Waals surface area (Å²) in [5, 5.41) is 35.6. The molecule has 0 heterocycles. The number of ketones is 1. The second kappa shape index (κ2) is 16.0. The minimum atomic E-state index is -2.32. The van der Waals surface area contributed by atoms with Crippen LogP contribution < -0.4 is 10.6 Å². The fourth-order valence-corrected chi connectivity index (χ4v) is 4.57. The lowest BCUT2D eigenvalue weighted by Gasteiger charge is -2.37. The van der Waals surface area contributed by atoms with Gasteiger partial charge in [0.15, 0.2) is 5.78 Å². The Bertz CT molecular complexity index is 758. The Morgan fingerprint density at radius 1 is 0.919 bits per heavy atom. The Balaban J connectivity index is 6.37. The standard InChI is InChI=1S/C26H49N3O8/c1-15(2)21(28-8)24(34)37-26(25(35)36,13-18(5)31)14-20(32)22(16(3)11-10-12-17(4)30)29(9)23(33)19(6)27-7/h15-19,21-22,27-28,30-31H,10-14H2,1-9H3,(H,35,36)/t16-,17?,18?,19+,21-,22-,26?/m0/s1. The maximum absolute atomic E-state index is 13.8. The van der Waals surface area contributed by atoms with Crippen LogP contribution >= 0.6 is 0 Å². The van der Waals surface area contributed by atoms with Gasteiger partial charge in [-0.2, -0.15) is 0 Å². The Hall–Kier alpha value is -2.08. The largest absolute Gasteiger partial charge is 0.478 e. The molecule has 0 aromatic heterocycles. The third-order valence-electron chi connectivity index (χ3n) is 6.72. The number of nitrogens with one attached hydrogen (secondary N) is 2. The van der Waals surface area contributed by atoms with E-state index in [0.29, 0.717) is 19.3 Å². The molecule has 11 heteroatoms. The Kier molecular flexibility index (Phi) is 15.1. The van der Waals surface area contributed by atoms with E-state index in [2.05, 4.69) is 10.6 Å². The predicted octanol–water partition coefficient (Wildman–Crippen LogP) is 0.949. The number of esters is 1. The highest BCUT2D eigenvalue weighted by atomic mass is 16.6. The first kappa shape index (κ1) is 34.9. The summed E-state index contributed by atoms with van der Waals surface area (Å²) in [5.74, 6) is -3.94. The van der Waals surface area contributed by atoms with Crippen LogP contribution in [0.2, 0.25) is 0 Å². The van der Waals surface area contributed by atoms with Gasteiger partial charge in [0.05, 0.1) is 30.7 Å². The number of carbonyl (C=O) groups excluding carboxylic acids is 3. The van der Waals surface area contributed by atoms with Gasteiger partial charge in [0, 0.05) is 13.5 Å². The highest BCUT2D eigenvalue weighted by molar-refractivity contribution is 5.95. The quantitative estimate of drug-likeness (QED) is 0.161. The van der Waals surface area contributed by atoms with Crippen LogP contribution in [0, 0.1) is 11.8 Å². The summed E-state index contributed by atoms with van der Waals surface area (Å²) < 4.78 is 5.52. The van der Waals surface area contributed by atoms with Crippen LogP contribution in [0.1, 0.15) is 73.6 Å². The number of carbonyl (C=O) groups is 4. The minimum absolute atomic E-state index is 0.222. The molecule has 3 unspecified atom stereocenters. The lowest BCUT2D eigenvalue weighted by atomic mass is 9.83. The highest BCUT2D eigenvalue weighted by Crippen LogP contribution is 2.29. The SMILES string of the molecule is CN[C@H](C(=O)OC(CC(=O)[C@H]([C@@H](C)CCCC(C)O)N(C)C(=O)[C@@H](C)NC)(CC(C)O)C(=O)O)C(C)C. The zero-order valence-corrected chi connectivity index (χ0v) is 23.9. The molecule has 0 saturated heterocycles. The molecule has 5 N–H and O–H groups in total. The molecule has 0 aromatic carbocycles. The molecule has 0 aliphatic heterocycles. The average molecular weight is 532 g/mol. The van der Waals surface area contributed by atoms with E-state index in [1.807, 2.05) is 0 Å². The van der Waals surface area contributed by atoms with Crippen molar-refractivity contribution in [2.45, 2.75) is 110 Å². The fourth-order valence-electron chi connectivity index (χ4n) is 4.57. The van der Waals surface area contributed by atoms with Crippen LogP contribution in [0.15, 0.2) is 0 Å². The van der Waals surface area contributed by atoms with Gasteiger partial charge in [0.25, 0.3) is 0 Å². The van der Waals surface area contributed by atoms with Crippen molar-refractivity contribution in [2.75, 3.05) is 21.1 Å². The normalized spacial score (nSPS) is 18.2. The summed E-state index contributed by atoms with van der Waals surface area (Å²) in [6.07, 6.45) is -1.32. The summed E-state index contributed by atoms with van der Waals surface area (Å²) in [5.41, 5.74) is -2.32. The van der Waals surface area contributed by atoms with Gasteiger partial charge in [-0.3, -0.25) is 14.4 Å². The predicted molar refractivity (Wildman–Crippen MR) is 140 cm³/mol. The molecule has 7 atom stereocenters. The summed E-state index contributed by atoms with van der Waals surface area (Å²) in [7, 11) is 4.65. The zero-order chi connectivity index (χ0) is 29.1. The first-order valence-electron chi connectivity index (χ1n) is 13.0. The van der Waals surface area contributed by atoms with Gasteiger partial charge in [-0.05, 0) is 59.5 Å². The number of amides is 1. The molecule has 216 valence electrons. The molecule has 0 spiro atoms. The number of nitrogens with zero attached hydrogens (tertiary/aromatic N) is 1. The molecule has 0 aliphatic rings. The van der Waals surface area contributed by atoms with Gasteiger partial charge in [-0.15, -0.1) is 0 Å². The third kappa shape index (κ3) is 10.7. The van der Waals surface area contributed by atoms with Gasteiger partial charge in [-0.25, -0.2) is 4.79 Å². The van der Waals surface area contributed by atoms with Crippen molar-refractivity contribution in [2.24, 2.45) is 11.8 Å². The van der Waals surface area contributed by atoms with E-state index in [1.165, 1.54) is 18.9 Å². The number of hydrogen-bond donors (Lipinski definition) is 5. The number of carboxylic acid groups (broad SMARTS) is 1. The topological polar surface area (TPSA) is 165 Å². The van der Waals surface area contributed by atoms with E-state index in [9.17, 15) is 34.5 Å². The molecule has 0 bridgehead atoms. The molecule has 11 nitrogen and oxygen atoms in total. The maximum Gasteiger partial charge on any atom is 0.348 e. The Labute approximate surface area is 221 Å². The second-order valence-electron chi connectivity index (χ2n) is 10.6. The van der Waals surface area contributed by atoms with Crippen LogP contribution in [-0.4, -0.2) is 101 Å². The van der Waals surface area contributed by atoms with Crippen molar-refractivity contribution in [3.63, 3.8) is 0 Å². The Morgan fingerprint density at radius 3 is 1.89 bits per heavy atom. The van der Waals surface area contributed by atoms with E-state index >= 15 is 0 Å². The fraction of sp³-hybridized carbons (Fsp3) is 0.846. The summed E-state index contributed by atoms with van der Waals surface area (Å²) in [6.45, 7) is 9.99. The number of rotatable bonds is 18. The molecule has 37 heavy (non-hydrogen) atoms. The highest BCUT2D eigenvalue weighted by Gasteiger charge is 2.49. The zero-order valence-electron chi connectivity index (χ0n) is 23.9. The summed E-state index contributed by atoms with van der Waals surface area (Å²) >= 11 is 0. The van der Waals surface area contributed by atoms with E-state index in [0.717, 1.165) is 0 Å². The lowest BCUT2D eigenvalue weighted by Crippen LogP contribution is -2.56. The maximum atomic E-state index is 13.8. The molecule has 0 rings (SSSR count). The van der Waals surface area contributed by atoms with Crippen LogP contribution in [0.4, 0.5) is 0 Å². The van der Waals surface area contributed by atoms with Crippen LogP contribution in [0.3, 0.4) is 0 Å². The molecule has 0 radical (unpaired) electrons. The van der Waals surface area contributed by atoms with Crippen LogP contribution in [-0.2, 0) is 23.9 Å². The monoisotopic (exact) mass is 531 g/mol. The van der Waals surface area contributed by atoms with Gasteiger partial charge >= 0.3 is 11.9 Å². The molecule has 0 aromatic rings. The summed E-state index contributed by atoms with van der Waals surface area (Å²) in [6, 6.07) is -2.42. The van der Waals surface area contributed by atoms with E-state index in [1.54, 1.807) is 48.7 Å². The van der Waals surface area contributed by atoms with Crippen LogP contribution in [0.5, 0.6) is 0 Å². The van der Waals surface area contributed by atoms with Gasteiger partial charge in [0.1, 0.15) is 6.04 Å². The first-order chi connectivity index (χ1) is 17.0.